The zero-order chi connectivity index (χ0) is 13.7. The van der Waals surface area contributed by atoms with Gasteiger partial charge in [0.25, 0.3) is 0 Å². The SMILES string of the molecule is COc1cccc(/C=C(\C=O)c2cccc(F)c2)c1. The molecule has 0 amide bonds. The Bertz CT molecular complexity index is 618. The van der Waals surface area contributed by atoms with E-state index in [1.165, 1.54) is 12.1 Å². The smallest absolute Gasteiger partial charge is 0.150 e. The average Bonchev–Trinajstić information content (AvgIpc) is 2.45. The number of benzene rings is 2. The van der Waals surface area contributed by atoms with Crippen LogP contribution in [0.5, 0.6) is 5.75 Å². The molecule has 0 N–H and O–H groups in total. The van der Waals surface area contributed by atoms with Crippen LogP contribution in [0.3, 0.4) is 0 Å². The summed E-state index contributed by atoms with van der Waals surface area (Å²) in [4.78, 5) is 11.2. The maximum absolute atomic E-state index is 13.2. The summed E-state index contributed by atoms with van der Waals surface area (Å²) < 4.78 is 18.3. The van der Waals surface area contributed by atoms with Gasteiger partial charge < -0.3 is 4.74 Å². The minimum Gasteiger partial charge on any atom is -0.497 e. The zero-order valence-corrected chi connectivity index (χ0v) is 10.5. The van der Waals surface area contributed by atoms with Gasteiger partial charge in [0.15, 0.2) is 6.29 Å². The maximum Gasteiger partial charge on any atom is 0.150 e. The van der Waals surface area contributed by atoms with Gasteiger partial charge in [-0.2, -0.15) is 0 Å². The minimum atomic E-state index is -0.365. The molecule has 96 valence electrons. The van der Waals surface area contributed by atoms with Crippen LogP contribution in [0.2, 0.25) is 0 Å². The van der Waals surface area contributed by atoms with E-state index < -0.39 is 0 Å². The number of ether oxygens (including phenoxy) is 1. The van der Waals surface area contributed by atoms with Crippen molar-refractivity contribution >= 4 is 17.9 Å². The van der Waals surface area contributed by atoms with E-state index in [0.29, 0.717) is 23.2 Å². The predicted molar refractivity (Wildman–Crippen MR) is 73.3 cm³/mol. The highest BCUT2D eigenvalue weighted by Crippen LogP contribution is 2.20. The summed E-state index contributed by atoms with van der Waals surface area (Å²) >= 11 is 0. The second-order valence-corrected chi connectivity index (χ2v) is 4.00. The summed E-state index contributed by atoms with van der Waals surface area (Å²) in [5.41, 5.74) is 1.80. The number of carbonyl (C=O) groups is 1. The van der Waals surface area contributed by atoms with Gasteiger partial charge in [-0.05, 0) is 41.5 Å². The van der Waals surface area contributed by atoms with Crippen LogP contribution in [0.15, 0.2) is 48.5 Å². The Morgan fingerprint density at radius 2 is 1.95 bits per heavy atom. The van der Waals surface area contributed by atoms with Crippen molar-refractivity contribution in [3.63, 3.8) is 0 Å². The van der Waals surface area contributed by atoms with Crippen LogP contribution in [0.1, 0.15) is 11.1 Å². The molecule has 0 bridgehead atoms. The predicted octanol–water partition coefficient (Wildman–Crippen LogP) is 3.57. The van der Waals surface area contributed by atoms with Crippen LogP contribution in [-0.2, 0) is 4.79 Å². The molecule has 2 aromatic rings. The molecule has 0 aliphatic carbocycles. The standard InChI is InChI=1S/C16H13FO2/c1-19-16-7-2-4-12(9-16)8-14(11-18)13-5-3-6-15(17)10-13/h2-11H,1H3/b14-8+. The fourth-order valence-corrected chi connectivity index (χ4v) is 1.76. The highest BCUT2D eigenvalue weighted by Gasteiger charge is 2.02. The second-order valence-electron chi connectivity index (χ2n) is 4.00. The number of allylic oxidation sites excluding steroid dienone is 1. The molecule has 0 atom stereocenters. The molecule has 2 nitrogen and oxygen atoms in total. The highest BCUT2D eigenvalue weighted by atomic mass is 19.1. The lowest BCUT2D eigenvalue weighted by molar-refractivity contribution is -0.103. The summed E-state index contributed by atoms with van der Waals surface area (Å²) in [6.45, 7) is 0. The van der Waals surface area contributed by atoms with Crippen LogP contribution >= 0.6 is 0 Å². The fourth-order valence-electron chi connectivity index (χ4n) is 1.76. The van der Waals surface area contributed by atoms with E-state index in [-0.39, 0.29) is 5.82 Å². The molecule has 0 fully saturated rings. The number of hydrogen-bond acceptors (Lipinski definition) is 2. The Balaban J connectivity index is 2.40. The lowest BCUT2D eigenvalue weighted by Crippen LogP contribution is -1.88. The number of methoxy groups -OCH3 is 1. The maximum atomic E-state index is 13.2. The van der Waals surface area contributed by atoms with E-state index in [1.54, 1.807) is 25.3 Å². The molecule has 0 aliphatic rings. The molecule has 0 saturated carbocycles. The first-order valence-corrected chi connectivity index (χ1v) is 5.80. The molecule has 19 heavy (non-hydrogen) atoms. The third-order valence-corrected chi connectivity index (χ3v) is 2.70. The number of rotatable bonds is 4. The van der Waals surface area contributed by atoms with Gasteiger partial charge in [-0.1, -0.05) is 24.3 Å². The van der Waals surface area contributed by atoms with Gasteiger partial charge in [0.2, 0.25) is 0 Å². The molecule has 0 spiro atoms. The van der Waals surface area contributed by atoms with Gasteiger partial charge in [-0.3, -0.25) is 4.79 Å². The van der Waals surface area contributed by atoms with Crippen molar-refractivity contribution in [2.75, 3.05) is 7.11 Å². The van der Waals surface area contributed by atoms with Crippen LogP contribution < -0.4 is 4.74 Å². The minimum absolute atomic E-state index is 0.365. The van der Waals surface area contributed by atoms with Gasteiger partial charge in [0, 0.05) is 5.57 Å². The number of halogens is 1. The van der Waals surface area contributed by atoms with Gasteiger partial charge >= 0.3 is 0 Å². The van der Waals surface area contributed by atoms with Gasteiger partial charge in [-0.25, -0.2) is 4.39 Å². The van der Waals surface area contributed by atoms with Crippen LogP contribution in [0.4, 0.5) is 4.39 Å². The molecule has 0 aromatic heterocycles. The van der Waals surface area contributed by atoms with Crippen molar-refractivity contribution in [2.45, 2.75) is 0 Å². The third-order valence-electron chi connectivity index (χ3n) is 2.70. The summed E-state index contributed by atoms with van der Waals surface area (Å²) in [6.07, 6.45) is 2.42. The van der Waals surface area contributed by atoms with E-state index in [0.717, 1.165) is 5.56 Å². The lowest BCUT2D eigenvalue weighted by Gasteiger charge is -2.03. The monoisotopic (exact) mass is 256 g/mol. The molecule has 0 radical (unpaired) electrons. The van der Waals surface area contributed by atoms with E-state index >= 15 is 0 Å². The van der Waals surface area contributed by atoms with E-state index in [1.807, 2.05) is 24.3 Å². The molecule has 2 rings (SSSR count). The van der Waals surface area contributed by atoms with Crippen LogP contribution in [0.25, 0.3) is 11.6 Å². The summed E-state index contributed by atoms with van der Waals surface area (Å²) in [7, 11) is 1.58. The molecule has 0 aliphatic heterocycles. The molecule has 0 saturated heterocycles. The van der Waals surface area contributed by atoms with Gasteiger partial charge in [0.1, 0.15) is 11.6 Å². The Morgan fingerprint density at radius 1 is 1.16 bits per heavy atom. The fraction of sp³-hybridized carbons (Fsp3) is 0.0625. The normalized spacial score (nSPS) is 11.2. The first kappa shape index (κ1) is 13.0. The van der Waals surface area contributed by atoms with Crippen molar-refractivity contribution in [2.24, 2.45) is 0 Å². The van der Waals surface area contributed by atoms with Crippen molar-refractivity contribution in [1.29, 1.82) is 0 Å². The van der Waals surface area contributed by atoms with Crippen LogP contribution in [-0.4, -0.2) is 13.4 Å². The summed E-state index contributed by atoms with van der Waals surface area (Å²) in [6, 6.07) is 13.3. The largest absolute Gasteiger partial charge is 0.497 e. The van der Waals surface area contributed by atoms with Crippen molar-refractivity contribution in [3.05, 3.63) is 65.5 Å². The number of hydrogen-bond donors (Lipinski definition) is 0. The Labute approximate surface area is 111 Å². The van der Waals surface area contributed by atoms with Gasteiger partial charge in [0.05, 0.1) is 7.11 Å². The zero-order valence-electron chi connectivity index (χ0n) is 10.5. The Kier molecular flexibility index (Phi) is 4.08. The Hall–Kier alpha value is -2.42. The van der Waals surface area contributed by atoms with Crippen molar-refractivity contribution in [1.82, 2.24) is 0 Å². The second kappa shape index (κ2) is 5.96. The molecule has 0 heterocycles. The summed E-state index contributed by atoms with van der Waals surface area (Å²) in [5, 5.41) is 0. The molecule has 2 aromatic carbocycles. The van der Waals surface area contributed by atoms with Crippen molar-refractivity contribution in [3.8, 4) is 5.75 Å². The first-order valence-electron chi connectivity index (χ1n) is 5.80. The van der Waals surface area contributed by atoms with Crippen molar-refractivity contribution < 1.29 is 13.9 Å². The molecular formula is C16H13FO2. The van der Waals surface area contributed by atoms with E-state index in [2.05, 4.69) is 0 Å². The lowest BCUT2D eigenvalue weighted by atomic mass is 10.0. The molecular weight excluding hydrogens is 243 g/mol. The topological polar surface area (TPSA) is 26.3 Å². The third kappa shape index (κ3) is 3.28. The van der Waals surface area contributed by atoms with Gasteiger partial charge in [-0.15, -0.1) is 0 Å². The van der Waals surface area contributed by atoms with E-state index in [4.69, 9.17) is 4.74 Å². The molecule has 0 unspecified atom stereocenters. The highest BCUT2D eigenvalue weighted by molar-refractivity contribution is 6.13. The van der Waals surface area contributed by atoms with Crippen LogP contribution in [0, 0.1) is 5.82 Å². The summed E-state index contributed by atoms with van der Waals surface area (Å²) in [5.74, 6) is 0.342. The first-order chi connectivity index (χ1) is 9.22. The number of carbonyl (C=O) groups excluding carboxylic acids is 1. The Morgan fingerprint density at radius 3 is 2.63 bits per heavy atom. The quantitative estimate of drug-likeness (QED) is 0.475. The van der Waals surface area contributed by atoms with E-state index in [9.17, 15) is 9.18 Å². The molecule has 3 heteroatoms. The number of aldehydes is 1. The average molecular weight is 256 g/mol.